The van der Waals surface area contributed by atoms with Gasteiger partial charge in [-0.05, 0) is 12.8 Å². The zero-order valence-electron chi connectivity index (χ0n) is 10.9. The van der Waals surface area contributed by atoms with Crippen LogP contribution in [-0.4, -0.2) is 49.4 Å². The second-order valence-electron chi connectivity index (χ2n) is 4.38. The fourth-order valence-electron chi connectivity index (χ4n) is 1.96. The largest absolute Gasteiger partial charge is 0.468 e. The van der Waals surface area contributed by atoms with E-state index in [9.17, 15) is 14.4 Å². The van der Waals surface area contributed by atoms with Gasteiger partial charge in [0.1, 0.15) is 6.54 Å². The lowest BCUT2D eigenvalue weighted by molar-refractivity contribution is -0.149. The van der Waals surface area contributed by atoms with Crippen molar-refractivity contribution in [3.63, 3.8) is 0 Å². The molecule has 1 atom stereocenters. The highest BCUT2D eigenvalue weighted by atomic mass is 16.5. The summed E-state index contributed by atoms with van der Waals surface area (Å²) in [5.41, 5.74) is 0. The van der Waals surface area contributed by atoms with Gasteiger partial charge in [-0.1, -0.05) is 6.92 Å². The summed E-state index contributed by atoms with van der Waals surface area (Å²) >= 11 is 0. The summed E-state index contributed by atoms with van der Waals surface area (Å²) in [5, 5.41) is 2.67. The van der Waals surface area contributed by atoms with Gasteiger partial charge in [-0.15, -0.1) is 0 Å². The Morgan fingerprint density at radius 2 is 2.22 bits per heavy atom. The lowest BCUT2D eigenvalue weighted by Crippen LogP contribution is -2.46. The van der Waals surface area contributed by atoms with Crippen LogP contribution in [0.1, 0.15) is 26.2 Å². The average Bonchev–Trinajstić information content (AvgIpc) is 2.38. The van der Waals surface area contributed by atoms with E-state index in [0.29, 0.717) is 25.9 Å². The van der Waals surface area contributed by atoms with Gasteiger partial charge >= 0.3 is 5.97 Å². The quantitative estimate of drug-likeness (QED) is 0.698. The summed E-state index contributed by atoms with van der Waals surface area (Å²) < 4.78 is 4.58. The molecule has 6 heteroatoms. The fraction of sp³-hybridized carbons (Fsp3) is 0.750. The van der Waals surface area contributed by atoms with E-state index < -0.39 is 5.97 Å². The minimum absolute atomic E-state index is 0.0194. The zero-order valence-corrected chi connectivity index (χ0v) is 10.9. The first-order valence-electron chi connectivity index (χ1n) is 6.20. The van der Waals surface area contributed by atoms with Gasteiger partial charge in [-0.3, -0.25) is 14.4 Å². The molecular weight excluding hydrogens is 236 g/mol. The molecule has 0 aromatic heterocycles. The van der Waals surface area contributed by atoms with Gasteiger partial charge in [-0.2, -0.15) is 0 Å². The Balaban J connectivity index is 2.58. The molecule has 1 fully saturated rings. The van der Waals surface area contributed by atoms with Crippen LogP contribution in [0.2, 0.25) is 0 Å². The standard InChI is InChI=1S/C12H20N2O4/c1-3-6-14(8-11(16)18-2)12(17)9-4-5-10(15)13-7-9/h9H,3-8H2,1-2H3,(H,13,15). The van der Waals surface area contributed by atoms with E-state index >= 15 is 0 Å². The summed E-state index contributed by atoms with van der Waals surface area (Å²) in [6, 6.07) is 0. The number of nitrogens with one attached hydrogen (secondary N) is 1. The highest BCUT2D eigenvalue weighted by Gasteiger charge is 2.29. The molecule has 0 aliphatic carbocycles. The maximum atomic E-state index is 12.2. The zero-order chi connectivity index (χ0) is 13.5. The van der Waals surface area contributed by atoms with E-state index in [1.807, 2.05) is 6.92 Å². The molecule has 0 spiro atoms. The van der Waals surface area contributed by atoms with Crippen molar-refractivity contribution in [3.8, 4) is 0 Å². The average molecular weight is 256 g/mol. The van der Waals surface area contributed by atoms with Crippen LogP contribution in [0.4, 0.5) is 0 Å². The number of hydrogen-bond acceptors (Lipinski definition) is 4. The lowest BCUT2D eigenvalue weighted by Gasteiger charge is -2.28. The molecule has 2 amide bonds. The number of amides is 2. The van der Waals surface area contributed by atoms with Crippen LogP contribution in [0.25, 0.3) is 0 Å². The molecule has 6 nitrogen and oxygen atoms in total. The van der Waals surface area contributed by atoms with Crippen LogP contribution in [0, 0.1) is 5.92 Å². The molecule has 0 bridgehead atoms. The number of piperidine rings is 1. The number of nitrogens with zero attached hydrogens (tertiary/aromatic N) is 1. The van der Waals surface area contributed by atoms with E-state index in [2.05, 4.69) is 10.1 Å². The minimum Gasteiger partial charge on any atom is -0.468 e. The van der Waals surface area contributed by atoms with Crippen molar-refractivity contribution < 1.29 is 19.1 Å². The molecule has 1 rings (SSSR count). The van der Waals surface area contributed by atoms with Crippen LogP contribution >= 0.6 is 0 Å². The van der Waals surface area contributed by atoms with E-state index in [-0.39, 0.29) is 24.3 Å². The third-order valence-electron chi connectivity index (χ3n) is 2.97. The SMILES string of the molecule is CCCN(CC(=O)OC)C(=O)C1CCC(=O)NC1. The van der Waals surface area contributed by atoms with Crippen LogP contribution in [0.5, 0.6) is 0 Å². The van der Waals surface area contributed by atoms with Crippen LogP contribution < -0.4 is 5.32 Å². The van der Waals surface area contributed by atoms with Gasteiger partial charge in [0.25, 0.3) is 0 Å². The summed E-state index contributed by atoms with van der Waals surface area (Å²) in [6.07, 6.45) is 1.70. The Morgan fingerprint density at radius 1 is 1.50 bits per heavy atom. The molecule has 0 aromatic rings. The maximum Gasteiger partial charge on any atom is 0.325 e. The van der Waals surface area contributed by atoms with Gasteiger partial charge in [0.15, 0.2) is 0 Å². The van der Waals surface area contributed by atoms with Gasteiger partial charge in [-0.25, -0.2) is 0 Å². The minimum atomic E-state index is -0.420. The number of rotatable bonds is 5. The predicted molar refractivity (Wildman–Crippen MR) is 64.6 cm³/mol. The first-order chi connectivity index (χ1) is 8.58. The van der Waals surface area contributed by atoms with E-state index in [1.54, 1.807) is 0 Å². The molecule has 0 radical (unpaired) electrons. The summed E-state index contributed by atoms with van der Waals surface area (Å²) in [6.45, 7) is 2.81. The smallest absolute Gasteiger partial charge is 0.325 e. The number of methoxy groups -OCH3 is 1. The molecule has 0 aromatic carbocycles. The number of carbonyl (C=O) groups is 3. The highest BCUT2D eigenvalue weighted by molar-refractivity contribution is 5.86. The number of carbonyl (C=O) groups excluding carboxylic acids is 3. The molecule has 1 N–H and O–H groups in total. The van der Waals surface area contributed by atoms with Crippen LogP contribution in [0.3, 0.4) is 0 Å². The van der Waals surface area contributed by atoms with Crippen molar-refractivity contribution in [1.82, 2.24) is 10.2 Å². The lowest BCUT2D eigenvalue weighted by atomic mass is 9.97. The molecule has 0 saturated carbocycles. The van der Waals surface area contributed by atoms with Crippen molar-refractivity contribution >= 4 is 17.8 Å². The fourth-order valence-corrected chi connectivity index (χ4v) is 1.96. The van der Waals surface area contributed by atoms with E-state index in [1.165, 1.54) is 12.0 Å². The predicted octanol–water partition coefficient (Wildman–Crippen LogP) is -0.0758. The van der Waals surface area contributed by atoms with E-state index in [4.69, 9.17) is 0 Å². The summed E-state index contributed by atoms with van der Waals surface area (Å²) in [4.78, 5) is 36.0. The molecule has 1 aliphatic heterocycles. The van der Waals surface area contributed by atoms with E-state index in [0.717, 1.165) is 6.42 Å². The maximum absolute atomic E-state index is 12.2. The molecule has 102 valence electrons. The number of esters is 1. The Kier molecular flexibility index (Phi) is 5.61. The normalized spacial score (nSPS) is 19.0. The van der Waals surface area contributed by atoms with Gasteiger partial charge < -0.3 is 15.0 Å². The monoisotopic (exact) mass is 256 g/mol. The molecule has 1 heterocycles. The Bertz CT molecular complexity index is 320. The molecule has 1 saturated heterocycles. The van der Waals surface area contributed by atoms with Gasteiger partial charge in [0, 0.05) is 19.5 Å². The first kappa shape index (κ1) is 14.5. The summed E-state index contributed by atoms with van der Waals surface area (Å²) in [5.74, 6) is -0.744. The Morgan fingerprint density at radius 3 is 2.72 bits per heavy atom. The molecule has 1 unspecified atom stereocenters. The van der Waals surface area contributed by atoms with Gasteiger partial charge in [0.2, 0.25) is 11.8 Å². The highest BCUT2D eigenvalue weighted by Crippen LogP contribution is 2.14. The second kappa shape index (κ2) is 6.98. The molecule has 1 aliphatic rings. The second-order valence-corrected chi connectivity index (χ2v) is 4.38. The van der Waals surface area contributed by atoms with Crippen molar-refractivity contribution in [2.75, 3.05) is 26.7 Å². The molecular formula is C12H20N2O4. The van der Waals surface area contributed by atoms with Crippen LogP contribution in [-0.2, 0) is 19.1 Å². The molecule has 18 heavy (non-hydrogen) atoms. The van der Waals surface area contributed by atoms with Crippen molar-refractivity contribution in [2.24, 2.45) is 5.92 Å². The van der Waals surface area contributed by atoms with Crippen molar-refractivity contribution in [3.05, 3.63) is 0 Å². The van der Waals surface area contributed by atoms with Crippen molar-refractivity contribution in [2.45, 2.75) is 26.2 Å². The van der Waals surface area contributed by atoms with Crippen LogP contribution in [0.15, 0.2) is 0 Å². The Labute approximate surface area is 107 Å². The topological polar surface area (TPSA) is 75.7 Å². The third-order valence-corrected chi connectivity index (χ3v) is 2.97. The number of hydrogen-bond donors (Lipinski definition) is 1. The third kappa shape index (κ3) is 4.01. The Hall–Kier alpha value is -1.59. The number of ether oxygens (including phenoxy) is 1. The van der Waals surface area contributed by atoms with Crippen molar-refractivity contribution in [1.29, 1.82) is 0 Å². The van der Waals surface area contributed by atoms with Gasteiger partial charge in [0.05, 0.1) is 13.0 Å². The summed E-state index contributed by atoms with van der Waals surface area (Å²) in [7, 11) is 1.30. The first-order valence-corrected chi connectivity index (χ1v) is 6.20.